The molecule has 1 amide bonds. The molecule has 0 unspecified atom stereocenters. The van der Waals surface area contributed by atoms with Crippen molar-refractivity contribution >= 4 is 17.8 Å². The summed E-state index contributed by atoms with van der Waals surface area (Å²) in [5, 5.41) is 15.5. The highest BCUT2D eigenvalue weighted by Crippen LogP contribution is 2.28. The Hall–Kier alpha value is -4.27. The molecular weight excluding hydrogens is 428 g/mol. The van der Waals surface area contributed by atoms with Crippen LogP contribution in [0.4, 0.5) is 0 Å². The molecule has 0 saturated heterocycles. The van der Waals surface area contributed by atoms with Crippen molar-refractivity contribution in [3.63, 3.8) is 0 Å². The average molecular weight is 457 g/mol. The molecular formula is C25H28N8O. The maximum atomic E-state index is 12.5. The number of nitrogens with zero attached hydrogens (tertiary/aromatic N) is 6. The van der Waals surface area contributed by atoms with Crippen molar-refractivity contribution in [3.8, 4) is 22.4 Å². The molecule has 1 aromatic carbocycles. The molecule has 4 rings (SSSR count). The number of aliphatic imine (C=N–C) groups is 1. The molecule has 0 aliphatic heterocycles. The number of nitrogens with two attached hydrogens (primary N) is 1. The van der Waals surface area contributed by atoms with Crippen molar-refractivity contribution in [3.05, 3.63) is 72.5 Å². The number of hydrogen-bond donors (Lipinski definition) is 2. The van der Waals surface area contributed by atoms with Crippen LogP contribution in [-0.4, -0.2) is 42.0 Å². The zero-order valence-corrected chi connectivity index (χ0v) is 19.7. The van der Waals surface area contributed by atoms with E-state index in [-0.39, 0.29) is 11.4 Å². The maximum absolute atomic E-state index is 12.5. The normalized spacial score (nSPS) is 12.5. The number of aryl methyl sites for hydroxylation is 1. The van der Waals surface area contributed by atoms with Gasteiger partial charge in [0.2, 0.25) is 0 Å². The van der Waals surface area contributed by atoms with Gasteiger partial charge in [-0.1, -0.05) is 24.3 Å². The smallest absolute Gasteiger partial charge is 0.254 e. The summed E-state index contributed by atoms with van der Waals surface area (Å²) in [6.45, 7) is 6.24. The predicted octanol–water partition coefficient (Wildman–Crippen LogP) is 3.12. The van der Waals surface area contributed by atoms with E-state index in [9.17, 15) is 4.79 Å². The van der Waals surface area contributed by atoms with E-state index in [1.807, 2.05) is 74.9 Å². The molecule has 174 valence electrons. The molecule has 0 saturated carbocycles. The highest BCUT2D eigenvalue weighted by atomic mass is 16.1. The van der Waals surface area contributed by atoms with Gasteiger partial charge >= 0.3 is 0 Å². The van der Waals surface area contributed by atoms with Crippen LogP contribution in [0.5, 0.6) is 0 Å². The van der Waals surface area contributed by atoms with E-state index in [0.717, 1.165) is 33.6 Å². The quantitative estimate of drug-likeness (QED) is 0.342. The van der Waals surface area contributed by atoms with Gasteiger partial charge in [0.25, 0.3) is 5.91 Å². The number of aromatic nitrogens is 5. The van der Waals surface area contributed by atoms with E-state index < -0.39 is 0 Å². The Kier molecular flexibility index (Phi) is 6.27. The van der Waals surface area contributed by atoms with Crippen LogP contribution in [0, 0.1) is 0 Å². The number of benzene rings is 1. The van der Waals surface area contributed by atoms with Gasteiger partial charge in [-0.3, -0.25) is 18.9 Å². The molecule has 9 heteroatoms. The lowest BCUT2D eigenvalue weighted by Crippen LogP contribution is -2.26. The van der Waals surface area contributed by atoms with Gasteiger partial charge in [-0.15, -0.1) is 10.2 Å². The summed E-state index contributed by atoms with van der Waals surface area (Å²) in [4.78, 5) is 16.8. The van der Waals surface area contributed by atoms with E-state index in [1.165, 1.54) is 12.4 Å². The number of carbonyl (C=O) groups excluding carboxylic acids is 1. The van der Waals surface area contributed by atoms with Crippen LogP contribution in [0.25, 0.3) is 28.0 Å². The summed E-state index contributed by atoms with van der Waals surface area (Å²) < 4.78 is 3.72. The molecule has 3 N–H and O–H groups in total. The number of rotatable bonds is 6. The molecule has 0 bridgehead atoms. The summed E-state index contributed by atoms with van der Waals surface area (Å²) in [7, 11) is 1.89. The van der Waals surface area contributed by atoms with Crippen LogP contribution >= 0.6 is 0 Å². The lowest BCUT2D eigenvalue weighted by Gasteiger charge is -2.12. The van der Waals surface area contributed by atoms with Crippen molar-refractivity contribution < 1.29 is 4.79 Å². The van der Waals surface area contributed by atoms with Gasteiger partial charge in [-0.25, -0.2) is 0 Å². The van der Waals surface area contributed by atoms with Crippen LogP contribution in [0.15, 0.2) is 71.9 Å². The molecule has 0 spiro atoms. The largest absolute Gasteiger partial charge is 0.404 e. The first-order chi connectivity index (χ1) is 16.2. The zero-order chi connectivity index (χ0) is 24.3. The van der Waals surface area contributed by atoms with Crippen molar-refractivity contribution in [2.24, 2.45) is 17.8 Å². The molecule has 0 aliphatic carbocycles. The van der Waals surface area contributed by atoms with E-state index in [1.54, 1.807) is 11.0 Å². The first-order valence-electron chi connectivity index (χ1n) is 10.9. The van der Waals surface area contributed by atoms with Crippen LogP contribution < -0.4 is 11.1 Å². The molecule has 9 nitrogen and oxygen atoms in total. The fraction of sp³-hybridized carbons (Fsp3) is 0.240. The van der Waals surface area contributed by atoms with Gasteiger partial charge < -0.3 is 11.1 Å². The Bertz CT molecular complexity index is 1370. The molecule has 0 aliphatic rings. The Morgan fingerprint density at radius 3 is 2.56 bits per heavy atom. The number of carbonyl (C=O) groups is 1. The lowest BCUT2D eigenvalue weighted by molar-refractivity contribution is -0.117. The second-order valence-electron chi connectivity index (χ2n) is 9.02. The summed E-state index contributed by atoms with van der Waals surface area (Å²) >= 11 is 0. The average Bonchev–Trinajstić information content (AvgIpc) is 3.46. The molecule has 3 aromatic heterocycles. The van der Waals surface area contributed by atoms with E-state index >= 15 is 0 Å². The molecule has 34 heavy (non-hydrogen) atoms. The molecule has 3 heterocycles. The van der Waals surface area contributed by atoms with Crippen molar-refractivity contribution in [2.75, 3.05) is 0 Å². The third-order valence-electron chi connectivity index (χ3n) is 5.18. The Balaban J connectivity index is 1.52. The minimum Gasteiger partial charge on any atom is -0.404 e. The maximum Gasteiger partial charge on any atom is 0.254 e. The third-order valence-corrected chi connectivity index (χ3v) is 5.18. The van der Waals surface area contributed by atoms with E-state index in [0.29, 0.717) is 12.1 Å². The highest BCUT2D eigenvalue weighted by Gasteiger charge is 2.12. The standard InChI is InChI=1S/C25H28N8O/c1-25(2,3)28-13-20(11-26)24(34)27-12-17-5-7-18(8-6-17)22-9-19(21-14-30-32(4)15-21)10-23-31-29-16-33(22)23/h5-11,13-16H,12,26H2,1-4H3,(H,27,34). The molecule has 0 radical (unpaired) electrons. The zero-order valence-electron chi connectivity index (χ0n) is 19.7. The number of amides is 1. The second kappa shape index (κ2) is 9.30. The van der Waals surface area contributed by atoms with E-state index in [4.69, 9.17) is 5.73 Å². The minimum absolute atomic E-state index is 0.269. The van der Waals surface area contributed by atoms with Gasteiger partial charge in [-0.05, 0) is 49.6 Å². The Morgan fingerprint density at radius 1 is 1.15 bits per heavy atom. The minimum atomic E-state index is -0.283. The van der Waals surface area contributed by atoms with Gasteiger partial charge in [-0.2, -0.15) is 5.10 Å². The lowest BCUT2D eigenvalue weighted by atomic mass is 10.0. The molecule has 0 atom stereocenters. The van der Waals surface area contributed by atoms with Gasteiger partial charge in [0.15, 0.2) is 5.65 Å². The fourth-order valence-corrected chi connectivity index (χ4v) is 3.40. The number of nitrogens with one attached hydrogen (secondary N) is 1. The first-order valence-corrected chi connectivity index (χ1v) is 10.9. The Labute approximate surface area is 198 Å². The summed E-state index contributed by atoms with van der Waals surface area (Å²) in [5.41, 5.74) is 11.4. The predicted molar refractivity (Wildman–Crippen MR) is 133 cm³/mol. The van der Waals surface area contributed by atoms with Crippen LogP contribution in [-0.2, 0) is 18.4 Å². The Morgan fingerprint density at radius 2 is 1.91 bits per heavy atom. The summed E-state index contributed by atoms with van der Waals surface area (Å²) in [6, 6.07) is 12.1. The summed E-state index contributed by atoms with van der Waals surface area (Å²) in [6.07, 6.45) is 8.28. The van der Waals surface area contributed by atoms with Crippen LogP contribution in [0.2, 0.25) is 0 Å². The monoisotopic (exact) mass is 456 g/mol. The summed E-state index contributed by atoms with van der Waals surface area (Å²) in [5.74, 6) is -0.269. The number of hydrogen-bond acceptors (Lipinski definition) is 6. The van der Waals surface area contributed by atoms with Gasteiger partial charge in [0.05, 0.1) is 23.0 Å². The second-order valence-corrected chi connectivity index (χ2v) is 9.02. The third kappa shape index (κ3) is 5.20. The number of fused-ring (bicyclic) bond motifs is 1. The number of pyridine rings is 1. The molecule has 4 aromatic rings. The first kappa shape index (κ1) is 22.9. The highest BCUT2D eigenvalue weighted by molar-refractivity contribution is 6.12. The molecule has 0 fully saturated rings. The SMILES string of the molecule is Cn1cc(-c2cc(-c3ccc(CNC(=O)C(C=NC(C)(C)C)=CN)cc3)n3cnnc3c2)cn1. The van der Waals surface area contributed by atoms with Gasteiger partial charge in [0.1, 0.15) is 6.33 Å². The van der Waals surface area contributed by atoms with Crippen LogP contribution in [0.1, 0.15) is 26.3 Å². The van der Waals surface area contributed by atoms with Crippen molar-refractivity contribution in [1.82, 2.24) is 29.7 Å². The van der Waals surface area contributed by atoms with Crippen LogP contribution in [0.3, 0.4) is 0 Å². The fourth-order valence-electron chi connectivity index (χ4n) is 3.40. The topological polar surface area (TPSA) is 115 Å². The van der Waals surface area contributed by atoms with Crippen molar-refractivity contribution in [2.45, 2.75) is 32.9 Å². The van der Waals surface area contributed by atoms with Crippen molar-refractivity contribution in [1.29, 1.82) is 0 Å². The van der Waals surface area contributed by atoms with E-state index in [2.05, 4.69) is 31.7 Å². The van der Waals surface area contributed by atoms with Gasteiger partial charge in [0, 0.05) is 37.8 Å².